The van der Waals surface area contributed by atoms with E-state index in [9.17, 15) is 18.0 Å². The van der Waals surface area contributed by atoms with Crippen LogP contribution in [-0.4, -0.2) is 12.5 Å². The summed E-state index contributed by atoms with van der Waals surface area (Å²) < 4.78 is 38.0. The predicted molar refractivity (Wildman–Crippen MR) is 77.1 cm³/mol. The topological polar surface area (TPSA) is 55.1 Å². The Morgan fingerprint density at radius 2 is 2.00 bits per heavy atom. The molecular formula is C14H18ClF3N2O. The number of rotatable bonds is 5. The first-order valence-electron chi connectivity index (χ1n) is 6.52. The Labute approximate surface area is 126 Å². The number of amides is 1. The molecule has 1 aromatic rings. The van der Waals surface area contributed by atoms with Gasteiger partial charge in [0.05, 0.1) is 22.2 Å². The molecule has 0 saturated heterocycles. The molecule has 21 heavy (non-hydrogen) atoms. The van der Waals surface area contributed by atoms with Crippen LogP contribution >= 0.6 is 11.6 Å². The molecule has 1 unspecified atom stereocenters. The summed E-state index contributed by atoms with van der Waals surface area (Å²) in [6.45, 7) is 4.00. The molecule has 1 aromatic carbocycles. The fraction of sp³-hybridized carbons (Fsp3) is 0.500. The van der Waals surface area contributed by atoms with Gasteiger partial charge in [-0.15, -0.1) is 0 Å². The van der Waals surface area contributed by atoms with Crippen LogP contribution in [-0.2, 0) is 11.0 Å². The van der Waals surface area contributed by atoms with Crippen LogP contribution < -0.4 is 11.1 Å². The maximum absolute atomic E-state index is 12.7. The van der Waals surface area contributed by atoms with Crippen molar-refractivity contribution in [1.29, 1.82) is 0 Å². The third-order valence-corrected chi connectivity index (χ3v) is 3.29. The van der Waals surface area contributed by atoms with Gasteiger partial charge in [0.25, 0.3) is 0 Å². The number of anilines is 1. The van der Waals surface area contributed by atoms with E-state index in [1.54, 1.807) is 0 Å². The maximum Gasteiger partial charge on any atom is 0.416 e. The summed E-state index contributed by atoms with van der Waals surface area (Å²) in [4.78, 5) is 12.1. The first kappa shape index (κ1) is 17.8. The van der Waals surface area contributed by atoms with E-state index in [2.05, 4.69) is 5.32 Å². The SMILES string of the molecule is CC(C)CC(CN)C(=O)Nc1cc(C(F)(F)F)ccc1Cl. The number of hydrogen-bond acceptors (Lipinski definition) is 2. The normalized spacial score (nSPS) is 13.3. The molecule has 0 aromatic heterocycles. The van der Waals surface area contributed by atoms with Gasteiger partial charge in [-0.2, -0.15) is 13.2 Å². The van der Waals surface area contributed by atoms with E-state index < -0.39 is 23.6 Å². The molecule has 0 aliphatic heterocycles. The molecular weight excluding hydrogens is 305 g/mol. The van der Waals surface area contributed by atoms with Crippen molar-refractivity contribution in [3.05, 3.63) is 28.8 Å². The Hall–Kier alpha value is -1.27. The van der Waals surface area contributed by atoms with Gasteiger partial charge in [-0.3, -0.25) is 4.79 Å². The lowest BCUT2D eigenvalue weighted by atomic mass is 9.96. The standard InChI is InChI=1S/C14H18ClF3N2O/c1-8(2)5-9(7-19)13(21)20-12-6-10(14(16,17)18)3-4-11(12)15/h3-4,6,8-9H,5,7,19H2,1-2H3,(H,20,21). The van der Waals surface area contributed by atoms with Crippen LogP contribution in [0.15, 0.2) is 18.2 Å². The largest absolute Gasteiger partial charge is 0.416 e. The summed E-state index contributed by atoms with van der Waals surface area (Å²) in [7, 11) is 0. The summed E-state index contributed by atoms with van der Waals surface area (Å²) in [5, 5.41) is 2.48. The molecule has 0 radical (unpaired) electrons. The quantitative estimate of drug-likeness (QED) is 0.863. The molecule has 0 bridgehead atoms. The van der Waals surface area contributed by atoms with Crippen LogP contribution in [0, 0.1) is 11.8 Å². The van der Waals surface area contributed by atoms with Gasteiger partial charge in [-0.05, 0) is 30.5 Å². The zero-order valence-electron chi connectivity index (χ0n) is 11.8. The molecule has 3 nitrogen and oxygen atoms in total. The summed E-state index contributed by atoms with van der Waals surface area (Å²) in [5.74, 6) is -0.635. The first-order chi connectivity index (χ1) is 9.65. The lowest BCUT2D eigenvalue weighted by Crippen LogP contribution is -2.30. The van der Waals surface area contributed by atoms with Gasteiger partial charge >= 0.3 is 6.18 Å². The van der Waals surface area contributed by atoms with Crippen LogP contribution in [0.25, 0.3) is 0 Å². The number of alkyl halides is 3. The molecule has 0 aliphatic rings. The third-order valence-electron chi connectivity index (χ3n) is 2.96. The van der Waals surface area contributed by atoms with Crippen molar-refractivity contribution in [3.63, 3.8) is 0 Å². The Morgan fingerprint density at radius 1 is 1.38 bits per heavy atom. The predicted octanol–water partition coefficient (Wildman–Crippen LogP) is 3.92. The number of carbonyl (C=O) groups excluding carboxylic acids is 1. The fourth-order valence-corrected chi connectivity index (χ4v) is 2.08. The third kappa shape index (κ3) is 5.21. The molecule has 118 valence electrons. The Bertz CT molecular complexity index is 503. The highest BCUT2D eigenvalue weighted by molar-refractivity contribution is 6.33. The summed E-state index contributed by atoms with van der Waals surface area (Å²) in [6.07, 6.45) is -3.94. The highest BCUT2D eigenvalue weighted by Crippen LogP contribution is 2.34. The lowest BCUT2D eigenvalue weighted by molar-refractivity contribution is -0.137. The Balaban J connectivity index is 2.93. The van der Waals surface area contributed by atoms with Gasteiger partial charge in [0.1, 0.15) is 0 Å². The summed E-state index contributed by atoms with van der Waals surface area (Å²) in [6, 6.07) is 2.80. The summed E-state index contributed by atoms with van der Waals surface area (Å²) >= 11 is 5.83. The Kier molecular flexibility index (Phi) is 6.04. The van der Waals surface area contributed by atoms with Gasteiger partial charge in [-0.1, -0.05) is 25.4 Å². The first-order valence-corrected chi connectivity index (χ1v) is 6.90. The minimum Gasteiger partial charge on any atom is -0.330 e. The molecule has 1 amide bonds. The average molecular weight is 323 g/mol. The second kappa shape index (κ2) is 7.13. The van der Waals surface area contributed by atoms with Crippen molar-refractivity contribution < 1.29 is 18.0 Å². The second-order valence-electron chi connectivity index (χ2n) is 5.24. The number of nitrogens with two attached hydrogens (primary N) is 1. The molecule has 0 fully saturated rings. The molecule has 0 aliphatic carbocycles. The van der Waals surface area contributed by atoms with Gasteiger partial charge in [0, 0.05) is 6.54 Å². The van der Waals surface area contributed by atoms with E-state index in [0.29, 0.717) is 6.42 Å². The van der Waals surface area contributed by atoms with Crippen LogP contribution in [0.5, 0.6) is 0 Å². The molecule has 3 N–H and O–H groups in total. The number of benzene rings is 1. The molecule has 0 spiro atoms. The van der Waals surface area contributed by atoms with E-state index in [1.165, 1.54) is 0 Å². The van der Waals surface area contributed by atoms with E-state index in [1.807, 2.05) is 13.8 Å². The van der Waals surface area contributed by atoms with Crippen molar-refractivity contribution in [2.45, 2.75) is 26.4 Å². The van der Waals surface area contributed by atoms with Crippen molar-refractivity contribution >= 4 is 23.2 Å². The number of halogens is 4. The van der Waals surface area contributed by atoms with E-state index in [0.717, 1.165) is 18.2 Å². The van der Waals surface area contributed by atoms with Crippen molar-refractivity contribution in [1.82, 2.24) is 0 Å². The van der Waals surface area contributed by atoms with Crippen molar-refractivity contribution in [2.75, 3.05) is 11.9 Å². The van der Waals surface area contributed by atoms with Gasteiger partial charge in [0.15, 0.2) is 0 Å². The zero-order chi connectivity index (χ0) is 16.2. The van der Waals surface area contributed by atoms with Crippen LogP contribution in [0.4, 0.5) is 18.9 Å². The maximum atomic E-state index is 12.7. The average Bonchev–Trinajstić information content (AvgIpc) is 2.36. The van der Waals surface area contributed by atoms with E-state index in [-0.39, 0.29) is 23.2 Å². The van der Waals surface area contributed by atoms with Gasteiger partial charge < -0.3 is 11.1 Å². The highest BCUT2D eigenvalue weighted by atomic mass is 35.5. The molecule has 1 atom stereocenters. The van der Waals surface area contributed by atoms with Gasteiger partial charge in [-0.25, -0.2) is 0 Å². The summed E-state index contributed by atoms with van der Waals surface area (Å²) in [5.41, 5.74) is 4.62. The van der Waals surface area contributed by atoms with Crippen LogP contribution in [0.2, 0.25) is 5.02 Å². The Morgan fingerprint density at radius 3 is 2.48 bits per heavy atom. The van der Waals surface area contributed by atoms with E-state index in [4.69, 9.17) is 17.3 Å². The monoisotopic (exact) mass is 322 g/mol. The number of nitrogens with one attached hydrogen (secondary N) is 1. The second-order valence-corrected chi connectivity index (χ2v) is 5.65. The van der Waals surface area contributed by atoms with Crippen LogP contribution in [0.3, 0.4) is 0 Å². The van der Waals surface area contributed by atoms with Crippen LogP contribution in [0.1, 0.15) is 25.8 Å². The number of carbonyl (C=O) groups is 1. The molecule has 0 saturated carbocycles. The minimum atomic E-state index is -4.49. The molecule has 1 rings (SSSR count). The molecule has 0 heterocycles. The smallest absolute Gasteiger partial charge is 0.330 e. The number of hydrogen-bond donors (Lipinski definition) is 2. The van der Waals surface area contributed by atoms with E-state index >= 15 is 0 Å². The van der Waals surface area contributed by atoms with Crippen molar-refractivity contribution in [2.24, 2.45) is 17.6 Å². The minimum absolute atomic E-state index is 0.0525. The lowest BCUT2D eigenvalue weighted by Gasteiger charge is -2.18. The highest BCUT2D eigenvalue weighted by Gasteiger charge is 2.31. The van der Waals surface area contributed by atoms with Crippen molar-refractivity contribution in [3.8, 4) is 0 Å². The zero-order valence-corrected chi connectivity index (χ0v) is 12.6. The fourth-order valence-electron chi connectivity index (χ4n) is 1.91. The van der Waals surface area contributed by atoms with Gasteiger partial charge in [0.2, 0.25) is 5.91 Å². The molecule has 7 heteroatoms.